The average Bonchev–Trinajstić information content (AvgIpc) is 2.47. The largest absolute Gasteiger partial charge is 0.479 e. The topological polar surface area (TPSA) is 45.0 Å². The van der Waals surface area contributed by atoms with Crippen LogP contribution < -0.4 is 10.1 Å². The Kier molecular flexibility index (Phi) is 4.56. The molecule has 0 fully saturated rings. The van der Waals surface area contributed by atoms with Gasteiger partial charge < -0.3 is 10.1 Å². The number of benzene rings is 2. The lowest BCUT2D eigenvalue weighted by molar-refractivity contribution is 0.368. The quantitative estimate of drug-likeness (QED) is 0.902. The first kappa shape index (κ1) is 13.9. The molecule has 0 bridgehead atoms. The van der Waals surface area contributed by atoms with Crippen LogP contribution in [0, 0.1) is 24.1 Å². The lowest BCUT2D eigenvalue weighted by Gasteiger charge is -2.08. The summed E-state index contributed by atoms with van der Waals surface area (Å²) in [5.74, 6) is 0.461. The Morgan fingerprint density at radius 2 is 1.95 bits per heavy atom. The normalized spacial score (nSPS) is 9.85. The fourth-order valence-corrected chi connectivity index (χ4v) is 1.74. The van der Waals surface area contributed by atoms with Crippen LogP contribution in [0.3, 0.4) is 0 Å². The number of halogens is 1. The number of nitrogens with zero attached hydrogens (tertiary/aromatic N) is 1. The third-order valence-corrected chi connectivity index (χ3v) is 2.89. The van der Waals surface area contributed by atoms with E-state index in [0.29, 0.717) is 17.9 Å². The average molecular weight is 270 g/mol. The van der Waals surface area contributed by atoms with Gasteiger partial charge in [0.1, 0.15) is 17.6 Å². The van der Waals surface area contributed by atoms with Crippen molar-refractivity contribution < 1.29 is 9.13 Å². The van der Waals surface area contributed by atoms with E-state index in [0.717, 1.165) is 11.3 Å². The number of ether oxygens (including phenoxy) is 1. The predicted octanol–water partition coefficient (Wildman–Crippen LogP) is 3.65. The summed E-state index contributed by atoms with van der Waals surface area (Å²) in [6.45, 7) is 2.33. The zero-order valence-electron chi connectivity index (χ0n) is 11.2. The van der Waals surface area contributed by atoms with Crippen molar-refractivity contribution in [2.45, 2.75) is 13.5 Å². The number of aryl methyl sites for hydroxylation is 1. The van der Waals surface area contributed by atoms with Gasteiger partial charge in [0, 0.05) is 12.2 Å². The molecule has 0 heterocycles. The van der Waals surface area contributed by atoms with E-state index in [-0.39, 0.29) is 12.4 Å². The van der Waals surface area contributed by atoms with Gasteiger partial charge >= 0.3 is 0 Å². The molecule has 2 aromatic rings. The standard InChI is InChI=1S/C16H15FN2O/c1-12-2-3-13(10-16(12)17)11-19-14-4-6-15(7-5-14)20-9-8-18/h2-7,10,19H,9,11H2,1H3. The second-order valence-electron chi connectivity index (χ2n) is 4.41. The van der Waals surface area contributed by atoms with Gasteiger partial charge in [-0.3, -0.25) is 0 Å². The maximum atomic E-state index is 13.4. The number of rotatable bonds is 5. The Balaban J connectivity index is 1.93. The molecular formula is C16H15FN2O. The molecule has 0 radical (unpaired) electrons. The van der Waals surface area contributed by atoms with E-state index in [9.17, 15) is 4.39 Å². The van der Waals surface area contributed by atoms with Crippen LogP contribution in [0.1, 0.15) is 11.1 Å². The van der Waals surface area contributed by atoms with Gasteiger partial charge in [-0.25, -0.2) is 4.39 Å². The number of anilines is 1. The second kappa shape index (κ2) is 6.58. The summed E-state index contributed by atoms with van der Waals surface area (Å²) < 4.78 is 18.6. The molecule has 0 spiro atoms. The minimum absolute atomic E-state index is 0.0371. The summed E-state index contributed by atoms with van der Waals surface area (Å²) in [4.78, 5) is 0. The molecule has 2 rings (SSSR count). The van der Waals surface area contributed by atoms with Crippen LogP contribution in [0.15, 0.2) is 42.5 Å². The lowest BCUT2D eigenvalue weighted by atomic mass is 10.1. The molecule has 0 aromatic heterocycles. The molecule has 102 valence electrons. The van der Waals surface area contributed by atoms with Crippen molar-refractivity contribution in [2.75, 3.05) is 11.9 Å². The van der Waals surface area contributed by atoms with Crippen molar-refractivity contribution >= 4 is 5.69 Å². The van der Waals surface area contributed by atoms with Crippen LogP contribution in [0.4, 0.5) is 10.1 Å². The molecule has 0 unspecified atom stereocenters. The Morgan fingerprint density at radius 1 is 1.20 bits per heavy atom. The number of hydrogen-bond donors (Lipinski definition) is 1. The van der Waals surface area contributed by atoms with Crippen LogP contribution >= 0.6 is 0 Å². The summed E-state index contributed by atoms with van der Waals surface area (Å²) in [6, 6.07) is 14.4. The van der Waals surface area contributed by atoms with Crippen LogP contribution in [-0.4, -0.2) is 6.61 Å². The van der Waals surface area contributed by atoms with Crippen molar-refractivity contribution in [1.29, 1.82) is 5.26 Å². The summed E-state index contributed by atoms with van der Waals surface area (Å²) in [5, 5.41) is 11.6. The van der Waals surface area contributed by atoms with E-state index in [4.69, 9.17) is 10.00 Å². The fraction of sp³-hybridized carbons (Fsp3) is 0.188. The molecule has 2 aromatic carbocycles. The highest BCUT2D eigenvalue weighted by Gasteiger charge is 2.00. The Hall–Kier alpha value is -2.54. The van der Waals surface area contributed by atoms with Crippen molar-refractivity contribution in [1.82, 2.24) is 0 Å². The molecule has 0 aliphatic rings. The number of nitrogens with one attached hydrogen (secondary N) is 1. The minimum atomic E-state index is -0.190. The van der Waals surface area contributed by atoms with Crippen LogP contribution in [0.25, 0.3) is 0 Å². The molecular weight excluding hydrogens is 255 g/mol. The Labute approximate surface area is 117 Å². The first-order chi connectivity index (χ1) is 9.69. The summed E-state index contributed by atoms with van der Waals surface area (Å²) in [7, 11) is 0. The summed E-state index contributed by atoms with van der Waals surface area (Å²) in [6.07, 6.45) is 0. The van der Waals surface area contributed by atoms with Crippen molar-refractivity contribution in [3.63, 3.8) is 0 Å². The van der Waals surface area contributed by atoms with Gasteiger partial charge in [-0.1, -0.05) is 12.1 Å². The van der Waals surface area contributed by atoms with Gasteiger partial charge in [-0.2, -0.15) is 5.26 Å². The maximum absolute atomic E-state index is 13.4. The highest BCUT2D eigenvalue weighted by atomic mass is 19.1. The highest BCUT2D eigenvalue weighted by Crippen LogP contribution is 2.17. The maximum Gasteiger partial charge on any atom is 0.174 e. The van der Waals surface area contributed by atoms with Gasteiger partial charge in [-0.05, 0) is 48.4 Å². The summed E-state index contributed by atoms with van der Waals surface area (Å²) >= 11 is 0. The first-order valence-corrected chi connectivity index (χ1v) is 6.28. The van der Waals surface area contributed by atoms with Gasteiger partial charge in [0.25, 0.3) is 0 Å². The molecule has 0 atom stereocenters. The van der Waals surface area contributed by atoms with Gasteiger partial charge in [0.05, 0.1) is 0 Å². The van der Waals surface area contributed by atoms with E-state index in [1.165, 1.54) is 6.07 Å². The fourth-order valence-electron chi connectivity index (χ4n) is 1.74. The number of nitriles is 1. The van der Waals surface area contributed by atoms with E-state index >= 15 is 0 Å². The van der Waals surface area contributed by atoms with Crippen molar-refractivity contribution in [3.8, 4) is 11.8 Å². The third kappa shape index (κ3) is 3.72. The molecule has 4 heteroatoms. The predicted molar refractivity (Wildman–Crippen MR) is 76.0 cm³/mol. The van der Waals surface area contributed by atoms with Crippen molar-refractivity contribution in [2.24, 2.45) is 0 Å². The molecule has 0 aliphatic heterocycles. The smallest absolute Gasteiger partial charge is 0.174 e. The van der Waals surface area contributed by atoms with Gasteiger partial charge in [-0.15, -0.1) is 0 Å². The van der Waals surface area contributed by atoms with Crippen LogP contribution in [0.5, 0.6) is 5.75 Å². The zero-order chi connectivity index (χ0) is 14.4. The van der Waals surface area contributed by atoms with E-state index in [2.05, 4.69) is 5.32 Å². The van der Waals surface area contributed by atoms with Gasteiger partial charge in [0.2, 0.25) is 0 Å². The Bertz CT molecular complexity index is 617. The Morgan fingerprint density at radius 3 is 2.60 bits per heavy atom. The SMILES string of the molecule is Cc1ccc(CNc2ccc(OCC#N)cc2)cc1F. The van der Waals surface area contributed by atoms with E-state index in [1.54, 1.807) is 25.1 Å². The van der Waals surface area contributed by atoms with Crippen molar-refractivity contribution in [3.05, 3.63) is 59.4 Å². The van der Waals surface area contributed by atoms with E-state index < -0.39 is 0 Å². The summed E-state index contributed by atoms with van der Waals surface area (Å²) in [5.41, 5.74) is 2.45. The van der Waals surface area contributed by atoms with Gasteiger partial charge in [0.15, 0.2) is 6.61 Å². The molecule has 0 aliphatic carbocycles. The molecule has 0 amide bonds. The van der Waals surface area contributed by atoms with Crippen LogP contribution in [-0.2, 0) is 6.54 Å². The lowest BCUT2D eigenvalue weighted by Crippen LogP contribution is -2.00. The molecule has 3 nitrogen and oxygen atoms in total. The zero-order valence-corrected chi connectivity index (χ0v) is 11.2. The second-order valence-corrected chi connectivity index (χ2v) is 4.41. The first-order valence-electron chi connectivity index (χ1n) is 6.28. The third-order valence-electron chi connectivity index (χ3n) is 2.89. The highest BCUT2D eigenvalue weighted by molar-refractivity contribution is 5.47. The molecule has 1 N–H and O–H groups in total. The van der Waals surface area contributed by atoms with E-state index in [1.807, 2.05) is 24.3 Å². The number of hydrogen-bond acceptors (Lipinski definition) is 3. The molecule has 0 saturated carbocycles. The van der Waals surface area contributed by atoms with Crippen LogP contribution in [0.2, 0.25) is 0 Å². The monoisotopic (exact) mass is 270 g/mol. The molecule has 20 heavy (non-hydrogen) atoms. The molecule has 0 saturated heterocycles. The minimum Gasteiger partial charge on any atom is -0.479 e.